The number of benzene rings is 1. The average molecular weight is 279 g/mol. The molecule has 0 fully saturated rings. The molecule has 0 bridgehead atoms. The predicted octanol–water partition coefficient (Wildman–Crippen LogP) is 2.13. The molecule has 0 unspecified atom stereocenters. The van der Waals surface area contributed by atoms with Crippen LogP contribution < -0.4 is 5.32 Å². The van der Waals surface area contributed by atoms with Gasteiger partial charge in [-0.05, 0) is 41.3 Å². The van der Waals surface area contributed by atoms with Gasteiger partial charge in [-0.3, -0.25) is 10.1 Å². The number of carbonyl (C=O) groups is 1. The van der Waals surface area contributed by atoms with E-state index in [4.69, 9.17) is 0 Å². The molecule has 0 saturated heterocycles. The number of tetrazole rings is 1. The van der Waals surface area contributed by atoms with Gasteiger partial charge in [0.05, 0.1) is 0 Å². The Hall–Kier alpha value is -1.89. The molecular formula is C12H17N5OS. The Bertz CT molecular complexity index is 581. The van der Waals surface area contributed by atoms with E-state index in [-0.39, 0.29) is 13.3 Å². The van der Waals surface area contributed by atoms with E-state index in [0.717, 1.165) is 10.5 Å². The molecule has 2 rings (SSSR count). The third-order valence-electron chi connectivity index (χ3n) is 2.59. The smallest absolute Gasteiger partial charge is 0.258 e. The van der Waals surface area contributed by atoms with Crippen LogP contribution in [-0.2, 0) is 7.05 Å². The zero-order valence-electron chi connectivity index (χ0n) is 10.3. The summed E-state index contributed by atoms with van der Waals surface area (Å²) in [4.78, 5) is 13.2. The van der Waals surface area contributed by atoms with Gasteiger partial charge in [-0.25, -0.2) is 4.68 Å². The minimum Gasteiger partial charge on any atom is -0.289 e. The number of amides is 1. The molecule has 6 nitrogen and oxygen atoms in total. The van der Waals surface area contributed by atoms with E-state index in [2.05, 4.69) is 20.8 Å². The summed E-state index contributed by atoms with van der Waals surface area (Å²) in [6.07, 6.45) is 1.98. The van der Waals surface area contributed by atoms with Gasteiger partial charge in [0.25, 0.3) is 5.91 Å². The largest absolute Gasteiger partial charge is 0.289 e. The highest BCUT2D eigenvalue weighted by atomic mass is 32.2. The van der Waals surface area contributed by atoms with Crippen LogP contribution >= 0.6 is 11.8 Å². The Morgan fingerprint density at radius 3 is 2.74 bits per heavy atom. The van der Waals surface area contributed by atoms with Crippen molar-refractivity contribution < 1.29 is 4.79 Å². The topological polar surface area (TPSA) is 72.7 Å². The number of thioether (sulfide) groups is 1. The summed E-state index contributed by atoms with van der Waals surface area (Å²) in [5.74, 6) is 0.121. The second kappa shape index (κ2) is 6.33. The van der Waals surface area contributed by atoms with Crippen molar-refractivity contribution in [3.05, 3.63) is 29.3 Å². The van der Waals surface area contributed by atoms with Crippen LogP contribution in [0.5, 0.6) is 0 Å². The molecule has 0 saturated carbocycles. The van der Waals surface area contributed by atoms with E-state index in [0.29, 0.717) is 11.5 Å². The van der Waals surface area contributed by atoms with Crippen molar-refractivity contribution in [2.24, 2.45) is 7.05 Å². The summed E-state index contributed by atoms with van der Waals surface area (Å²) in [5, 5.41) is 13.5. The highest BCUT2D eigenvalue weighted by molar-refractivity contribution is 7.98. The first kappa shape index (κ1) is 15.2. The molecule has 1 N–H and O–H groups in total. The minimum atomic E-state index is -0.207. The number of hydrogen-bond acceptors (Lipinski definition) is 5. The first-order valence-electron chi connectivity index (χ1n) is 5.30. The van der Waals surface area contributed by atoms with Gasteiger partial charge in [0.1, 0.15) is 0 Å². The molecule has 19 heavy (non-hydrogen) atoms. The number of aromatic nitrogens is 4. The van der Waals surface area contributed by atoms with Crippen LogP contribution in [0.25, 0.3) is 0 Å². The number of rotatable bonds is 3. The Balaban J connectivity index is 0.00000180. The maximum absolute atomic E-state index is 12.1. The first-order valence-corrected chi connectivity index (χ1v) is 6.53. The van der Waals surface area contributed by atoms with Crippen LogP contribution in [0.15, 0.2) is 23.1 Å². The van der Waals surface area contributed by atoms with Crippen molar-refractivity contribution in [3.8, 4) is 0 Å². The van der Waals surface area contributed by atoms with Gasteiger partial charge >= 0.3 is 0 Å². The van der Waals surface area contributed by atoms with Gasteiger partial charge in [0.15, 0.2) is 0 Å². The van der Waals surface area contributed by atoms with Crippen molar-refractivity contribution in [1.29, 1.82) is 0 Å². The maximum Gasteiger partial charge on any atom is 0.258 e. The zero-order valence-corrected chi connectivity index (χ0v) is 11.2. The lowest BCUT2D eigenvalue weighted by molar-refractivity contribution is 0.102. The van der Waals surface area contributed by atoms with Gasteiger partial charge in [-0.15, -0.1) is 11.8 Å². The first-order chi connectivity index (χ1) is 8.63. The molecule has 1 aromatic carbocycles. The summed E-state index contributed by atoms with van der Waals surface area (Å²) in [7, 11) is 1.67. The summed E-state index contributed by atoms with van der Waals surface area (Å²) in [6, 6.07) is 5.64. The van der Waals surface area contributed by atoms with Crippen LogP contribution in [0.1, 0.15) is 23.3 Å². The highest BCUT2D eigenvalue weighted by Crippen LogP contribution is 2.22. The summed E-state index contributed by atoms with van der Waals surface area (Å²) in [6.45, 7) is 1.93. The van der Waals surface area contributed by atoms with Crippen molar-refractivity contribution in [3.63, 3.8) is 0 Å². The molecule has 0 atom stereocenters. The number of aryl methyl sites for hydroxylation is 1. The Kier molecular flexibility index (Phi) is 5.05. The summed E-state index contributed by atoms with van der Waals surface area (Å²) < 4.78 is 1.41. The normalized spacial score (nSPS) is 9.84. The van der Waals surface area contributed by atoms with Crippen LogP contribution in [-0.4, -0.2) is 32.4 Å². The monoisotopic (exact) mass is 279 g/mol. The van der Waals surface area contributed by atoms with Crippen LogP contribution in [0.4, 0.5) is 5.95 Å². The molecular weight excluding hydrogens is 262 g/mol. The number of carbonyl (C=O) groups excluding carboxylic acids is 1. The molecule has 7 heteroatoms. The predicted molar refractivity (Wildman–Crippen MR) is 76.4 cm³/mol. The Morgan fingerprint density at radius 1 is 1.42 bits per heavy atom. The fourth-order valence-electron chi connectivity index (χ4n) is 1.59. The molecule has 1 amide bonds. The fraction of sp³-hybridized carbons (Fsp3) is 0.333. The summed E-state index contributed by atoms with van der Waals surface area (Å²) in [5.41, 5.74) is 1.59. The van der Waals surface area contributed by atoms with E-state index in [9.17, 15) is 4.79 Å². The Labute approximate surface area is 116 Å². The number of hydrogen-bond donors (Lipinski definition) is 1. The van der Waals surface area contributed by atoms with Crippen molar-refractivity contribution in [2.75, 3.05) is 11.6 Å². The van der Waals surface area contributed by atoms with Crippen molar-refractivity contribution >= 4 is 23.6 Å². The number of anilines is 1. The van der Waals surface area contributed by atoms with E-state index >= 15 is 0 Å². The molecule has 1 aromatic heterocycles. The van der Waals surface area contributed by atoms with Gasteiger partial charge in [-0.2, -0.15) is 0 Å². The highest BCUT2D eigenvalue weighted by Gasteiger charge is 2.13. The van der Waals surface area contributed by atoms with Crippen LogP contribution in [0.3, 0.4) is 0 Å². The Morgan fingerprint density at radius 2 is 2.16 bits per heavy atom. The molecule has 0 aliphatic heterocycles. The lowest BCUT2D eigenvalue weighted by Gasteiger charge is -2.09. The van der Waals surface area contributed by atoms with E-state index in [1.165, 1.54) is 4.68 Å². The second-order valence-electron chi connectivity index (χ2n) is 3.71. The van der Waals surface area contributed by atoms with Crippen LogP contribution in [0, 0.1) is 6.92 Å². The van der Waals surface area contributed by atoms with Crippen LogP contribution in [0.2, 0.25) is 0 Å². The molecule has 0 aliphatic rings. The van der Waals surface area contributed by atoms with Gasteiger partial charge in [0, 0.05) is 17.5 Å². The SMILES string of the molecule is C.CSc1cccc(C(=O)Nc2nnnn2C)c1C. The zero-order chi connectivity index (χ0) is 13.1. The van der Waals surface area contributed by atoms with E-state index in [1.54, 1.807) is 24.9 Å². The molecule has 0 spiro atoms. The van der Waals surface area contributed by atoms with Gasteiger partial charge in [0.2, 0.25) is 5.95 Å². The van der Waals surface area contributed by atoms with Gasteiger partial charge < -0.3 is 0 Å². The average Bonchev–Trinajstić information content (AvgIpc) is 2.75. The van der Waals surface area contributed by atoms with Gasteiger partial charge in [-0.1, -0.05) is 18.6 Å². The van der Waals surface area contributed by atoms with E-state index < -0.39 is 0 Å². The quantitative estimate of drug-likeness (QED) is 0.871. The number of nitrogens with zero attached hydrogens (tertiary/aromatic N) is 4. The third-order valence-corrected chi connectivity index (χ3v) is 3.48. The fourth-order valence-corrected chi connectivity index (χ4v) is 2.22. The molecule has 2 aromatic rings. The number of nitrogens with one attached hydrogen (secondary N) is 1. The lowest BCUT2D eigenvalue weighted by Crippen LogP contribution is -2.16. The van der Waals surface area contributed by atoms with E-state index in [1.807, 2.05) is 25.3 Å². The van der Waals surface area contributed by atoms with Crippen molar-refractivity contribution in [1.82, 2.24) is 20.2 Å². The summed E-state index contributed by atoms with van der Waals surface area (Å²) >= 11 is 1.61. The third kappa shape index (κ3) is 3.11. The maximum atomic E-state index is 12.1. The molecule has 0 radical (unpaired) electrons. The molecule has 1 heterocycles. The minimum absolute atomic E-state index is 0. The molecule has 0 aliphatic carbocycles. The lowest BCUT2D eigenvalue weighted by atomic mass is 10.1. The molecule has 102 valence electrons. The second-order valence-corrected chi connectivity index (χ2v) is 4.56. The van der Waals surface area contributed by atoms with Crippen molar-refractivity contribution in [2.45, 2.75) is 19.2 Å². The standard InChI is InChI=1S/C11H13N5OS.CH4/c1-7-8(5-4-6-9(7)18-3)10(17)12-11-13-14-15-16(11)2;/h4-6H,1-3H3,(H,12,13,15,17);1H4.